The summed E-state index contributed by atoms with van der Waals surface area (Å²) in [5.41, 5.74) is 2.31. The molecule has 136 valence electrons. The molecule has 2 aromatic carbocycles. The topological polar surface area (TPSA) is 32.8 Å². The van der Waals surface area contributed by atoms with Gasteiger partial charge in [0.1, 0.15) is 12.4 Å². The Morgan fingerprint density at radius 1 is 1.08 bits per heavy atom. The Kier molecular flexibility index (Phi) is 4.93. The first-order valence-electron chi connectivity index (χ1n) is 9.51. The maximum absolute atomic E-state index is 12.7. The highest BCUT2D eigenvalue weighted by Crippen LogP contribution is 2.29. The highest BCUT2D eigenvalue weighted by atomic mass is 16.5. The number of ether oxygens (including phenoxy) is 1. The zero-order valence-electron chi connectivity index (χ0n) is 15.3. The second kappa shape index (κ2) is 7.50. The molecule has 0 spiro atoms. The molecule has 4 rings (SSSR count). The van der Waals surface area contributed by atoms with Gasteiger partial charge in [0.05, 0.1) is 6.04 Å². The summed E-state index contributed by atoms with van der Waals surface area (Å²) in [6.45, 7) is 5.23. The van der Waals surface area contributed by atoms with Crippen molar-refractivity contribution in [2.24, 2.45) is 0 Å². The first-order valence-corrected chi connectivity index (χ1v) is 9.51. The molecule has 2 heterocycles. The number of carbonyl (C=O) groups is 1. The van der Waals surface area contributed by atoms with Crippen LogP contribution in [0.15, 0.2) is 54.6 Å². The second-order valence-corrected chi connectivity index (χ2v) is 7.32. The molecule has 0 aliphatic carbocycles. The lowest BCUT2D eigenvalue weighted by atomic mass is 10.1. The lowest BCUT2D eigenvalue weighted by Gasteiger charge is -2.41. The van der Waals surface area contributed by atoms with E-state index in [1.54, 1.807) is 0 Å². The maximum Gasteiger partial charge on any atom is 0.239 e. The number of carbonyl (C=O) groups excluding carboxylic acids is 1. The Hall–Kier alpha value is -2.33. The Balaban J connectivity index is 1.47. The van der Waals surface area contributed by atoms with Gasteiger partial charge in [-0.25, -0.2) is 0 Å². The molecule has 26 heavy (non-hydrogen) atoms. The van der Waals surface area contributed by atoms with Crippen LogP contribution in [0.5, 0.6) is 5.75 Å². The summed E-state index contributed by atoms with van der Waals surface area (Å²) in [7, 11) is 0. The number of benzene rings is 2. The minimum absolute atomic E-state index is 0.0634. The molecule has 0 aromatic heterocycles. The number of amides is 1. The minimum Gasteiger partial charge on any atom is -0.489 e. The van der Waals surface area contributed by atoms with Gasteiger partial charge in [-0.3, -0.25) is 9.69 Å². The molecule has 0 saturated carbocycles. The monoisotopic (exact) mass is 350 g/mol. The number of nitrogens with zero attached hydrogens (tertiary/aromatic N) is 2. The molecule has 0 bridgehead atoms. The standard InChI is InChI=1S/C22H26N2O2/c1-17-22(25)24-13-7-11-20(24)15-23(17)14-19-10-5-6-12-21(19)26-16-18-8-3-2-4-9-18/h2-6,8-10,12,17,20H,7,11,13-16H2,1H3/t17-,20+/m0/s1. The van der Waals surface area contributed by atoms with E-state index in [-0.39, 0.29) is 11.9 Å². The van der Waals surface area contributed by atoms with Gasteiger partial charge in [-0.2, -0.15) is 0 Å². The van der Waals surface area contributed by atoms with E-state index in [4.69, 9.17) is 4.74 Å². The lowest BCUT2D eigenvalue weighted by molar-refractivity contribution is -0.143. The molecule has 4 heteroatoms. The van der Waals surface area contributed by atoms with E-state index in [1.165, 1.54) is 0 Å². The van der Waals surface area contributed by atoms with Gasteiger partial charge in [0.15, 0.2) is 0 Å². The molecule has 2 aliphatic heterocycles. The van der Waals surface area contributed by atoms with E-state index in [2.05, 4.69) is 28.0 Å². The third kappa shape index (κ3) is 3.47. The summed E-state index contributed by atoms with van der Waals surface area (Å²) in [5.74, 6) is 1.19. The normalized spacial score (nSPS) is 23.1. The van der Waals surface area contributed by atoms with Gasteiger partial charge in [0.25, 0.3) is 0 Å². The van der Waals surface area contributed by atoms with Crippen molar-refractivity contribution in [2.45, 2.75) is 45.0 Å². The van der Waals surface area contributed by atoms with Gasteiger partial charge in [-0.05, 0) is 31.4 Å². The summed E-state index contributed by atoms with van der Waals surface area (Å²) in [5, 5.41) is 0. The highest BCUT2D eigenvalue weighted by Gasteiger charge is 2.40. The molecule has 0 N–H and O–H groups in total. The number of para-hydroxylation sites is 1. The SMILES string of the molecule is C[C@H]1C(=O)N2CCC[C@@H]2CN1Cc1ccccc1OCc1ccccc1. The predicted molar refractivity (Wildman–Crippen MR) is 102 cm³/mol. The quantitative estimate of drug-likeness (QED) is 0.828. The van der Waals surface area contributed by atoms with Crippen molar-refractivity contribution in [3.63, 3.8) is 0 Å². The average molecular weight is 350 g/mol. The van der Waals surface area contributed by atoms with E-state index in [0.29, 0.717) is 12.6 Å². The van der Waals surface area contributed by atoms with Crippen LogP contribution in [0, 0.1) is 0 Å². The van der Waals surface area contributed by atoms with Crippen molar-refractivity contribution in [2.75, 3.05) is 13.1 Å². The summed E-state index contributed by atoms with van der Waals surface area (Å²) >= 11 is 0. The number of hydrogen-bond acceptors (Lipinski definition) is 3. The van der Waals surface area contributed by atoms with Crippen LogP contribution in [-0.2, 0) is 17.9 Å². The fourth-order valence-corrected chi connectivity index (χ4v) is 4.07. The van der Waals surface area contributed by atoms with E-state index < -0.39 is 0 Å². The first kappa shape index (κ1) is 17.1. The summed E-state index contributed by atoms with van der Waals surface area (Å²) < 4.78 is 6.09. The van der Waals surface area contributed by atoms with Crippen molar-refractivity contribution in [3.8, 4) is 5.75 Å². The summed E-state index contributed by atoms with van der Waals surface area (Å²) in [6, 6.07) is 18.7. The third-order valence-electron chi connectivity index (χ3n) is 5.59. The average Bonchev–Trinajstić information content (AvgIpc) is 3.14. The molecule has 2 saturated heterocycles. The van der Waals surface area contributed by atoms with Crippen LogP contribution in [0.4, 0.5) is 0 Å². The zero-order chi connectivity index (χ0) is 17.9. The number of piperazine rings is 1. The van der Waals surface area contributed by atoms with Gasteiger partial charge >= 0.3 is 0 Å². The summed E-state index contributed by atoms with van der Waals surface area (Å²) in [4.78, 5) is 17.0. The number of rotatable bonds is 5. The second-order valence-electron chi connectivity index (χ2n) is 7.32. The zero-order valence-corrected chi connectivity index (χ0v) is 15.3. The molecule has 4 nitrogen and oxygen atoms in total. The van der Waals surface area contributed by atoms with Crippen molar-refractivity contribution in [1.82, 2.24) is 9.80 Å². The molecule has 0 radical (unpaired) electrons. The fraction of sp³-hybridized carbons (Fsp3) is 0.409. The Morgan fingerprint density at radius 2 is 1.85 bits per heavy atom. The third-order valence-corrected chi connectivity index (χ3v) is 5.59. The smallest absolute Gasteiger partial charge is 0.239 e. The molecular formula is C22H26N2O2. The number of fused-ring (bicyclic) bond motifs is 1. The molecule has 1 amide bonds. The fourth-order valence-electron chi connectivity index (χ4n) is 4.07. The van der Waals surface area contributed by atoms with Crippen LogP contribution in [-0.4, -0.2) is 40.9 Å². The minimum atomic E-state index is -0.0634. The highest BCUT2D eigenvalue weighted by molar-refractivity contribution is 5.83. The van der Waals surface area contributed by atoms with E-state index in [9.17, 15) is 4.79 Å². The van der Waals surface area contributed by atoms with Gasteiger partial charge in [0, 0.05) is 31.2 Å². The molecule has 2 fully saturated rings. The predicted octanol–water partition coefficient (Wildman–Crippen LogP) is 3.46. The number of hydrogen-bond donors (Lipinski definition) is 0. The molecule has 2 atom stereocenters. The van der Waals surface area contributed by atoms with Crippen LogP contribution in [0.25, 0.3) is 0 Å². The van der Waals surface area contributed by atoms with Gasteiger partial charge < -0.3 is 9.64 Å². The Bertz CT molecular complexity index is 762. The van der Waals surface area contributed by atoms with Crippen LogP contribution >= 0.6 is 0 Å². The first-order chi connectivity index (χ1) is 12.7. The largest absolute Gasteiger partial charge is 0.489 e. The van der Waals surface area contributed by atoms with Gasteiger partial charge in [0.2, 0.25) is 5.91 Å². The van der Waals surface area contributed by atoms with Crippen LogP contribution in [0.3, 0.4) is 0 Å². The van der Waals surface area contributed by atoms with E-state index >= 15 is 0 Å². The Morgan fingerprint density at radius 3 is 2.69 bits per heavy atom. The molecule has 2 aromatic rings. The summed E-state index contributed by atoms with van der Waals surface area (Å²) in [6.07, 6.45) is 2.26. The molecule has 0 unspecified atom stereocenters. The van der Waals surface area contributed by atoms with Gasteiger partial charge in [-0.15, -0.1) is 0 Å². The van der Waals surface area contributed by atoms with E-state index in [1.807, 2.05) is 43.3 Å². The van der Waals surface area contributed by atoms with Crippen LogP contribution < -0.4 is 4.74 Å². The van der Waals surface area contributed by atoms with Crippen molar-refractivity contribution >= 4 is 5.91 Å². The van der Waals surface area contributed by atoms with Crippen LogP contribution in [0.1, 0.15) is 30.9 Å². The van der Waals surface area contributed by atoms with Crippen molar-refractivity contribution in [1.29, 1.82) is 0 Å². The van der Waals surface area contributed by atoms with E-state index in [0.717, 1.165) is 49.4 Å². The Labute approximate surface area is 155 Å². The van der Waals surface area contributed by atoms with Crippen molar-refractivity contribution < 1.29 is 9.53 Å². The molecule has 2 aliphatic rings. The lowest BCUT2D eigenvalue weighted by Crippen LogP contribution is -2.58. The van der Waals surface area contributed by atoms with Crippen molar-refractivity contribution in [3.05, 3.63) is 65.7 Å². The van der Waals surface area contributed by atoms with Crippen LogP contribution in [0.2, 0.25) is 0 Å². The molecular weight excluding hydrogens is 324 g/mol. The van der Waals surface area contributed by atoms with Gasteiger partial charge in [-0.1, -0.05) is 48.5 Å². The maximum atomic E-state index is 12.7.